The minimum absolute atomic E-state index is 0.0342. The molecule has 0 fully saturated rings. The number of nitrogens with two attached hydrogens (primary N) is 1. The molecule has 0 saturated carbocycles. The Morgan fingerprint density at radius 1 is 1.48 bits per heavy atom. The number of carbonyl (C=O) groups excluding carboxylic acids is 2. The van der Waals surface area contributed by atoms with Gasteiger partial charge in [-0.25, -0.2) is 4.79 Å². The average molecular weight is 296 g/mol. The van der Waals surface area contributed by atoms with Gasteiger partial charge < -0.3 is 15.8 Å². The van der Waals surface area contributed by atoms with Crippen molar-refractivity contribution in [3.05, 3.63) is 11.6 Å². The van der Waals surface area contributed by atoms with Crippen LogP contribution < -0.4 is 11.1 Å². The van der Waals surface area contributed by atoms with Crippen molar-refractivity contribution < 1.29 is 14.3 Å². The lowest BCUT2D eigenvalue weighted by molar-refractivity contribution is -0.139. The summed E-state index contributed by atoms with van der Waals surface area (Å²) in [7, 11) is 0. The maximum atomic E-state index is 11.8. The maximum absolute atomic E-state index is 11.8. The highest BCUT2D eigenvalue weighted by molar-refractivity contribution is 5.88. The molecule has 0 aromatic heterocycles. The number of hydrogen-bond acceptors (Lipinski definition) is 4. The van der Waals surface area contributed by atoms with Gasteiger partial charge in [-0.15, -0.1) is 0 Å². The van der Waals surface area contributed by atoms with Crippen LogP contribution in [-0.2, 0) is 14.3 Å². The highest BCUT2D eigenvalue weighted by atomic mass is 16.5. The monoisotopic (exact) mass is 296 g/mol. The molecule has 5 heteroatoms. The van der Waals surface area contributed by atoms with Crippen LogP contribution in [0.15, 0.2) is 11.6 Å². The van der Waals surface area contributed by atoms with E-state index < -0.39 is 0 Å². The molecule has 0 saturated heterocycles. The molecule has 1 amide bonds. The summed E-state index contributed by atoms with van der Waals surface area (Å²) >= 11 is 0. The molecular formula is C16H28N2O3. The van der Waals surface area contributed by atoms with Crippen molar-refractivity contribution in [3.63, 3.8) is 0 Å². The van der Waals surface area contributed by atoms with Gasteiger partial charge in [-0.2, -0.15) is 0 Å². The summed E-state index contributed by atoms with van der Waals surface area (Å²) in [6, 6.07) is -0.0810. The van der Waals surface area contributed by atoms with E-state index in [2.05, 4.69) is 19.2 Å². The highest BCUT2D eigenvalue weighted by Gasteiger charge is 2.32. The van der Waals surface area contributed by atoms with Gasteiger partial charge in [0.05, 0.1) is 6.61 Å². The molecule has 3 atom stereocenters. The predicted molar refractivity (Wildman–Crippen MR) is 82.5 cm³/mol. The first kappa shape index (κ1) is 17.7. The number of hydrogen-bond donors (Lipinski definition) is 2. The summed E-state index contributed by atoms with van der Waals surface area (Å²) in [5.74, 6) is 0.332. The number of nitrogens with one attached hydrogen (secondary N) is 1. The van der Waals surface area contributed by atoms with Crippen LogP contribution >= 0.6 is 0 Å². The molecule has 0 aliphatic heterocycles. The normalized spacial score (nSPS) is 23.4. The molecule has 0 radical (unpaired) electrons. The van der Waals surface area contributed by atoms with E-state index in [0.717, 1.165) is 6.42 Å². The molecule has 0 aromatic carbocycles. The lowest BCUT2D eigenvalue weighted by Crippen LogP contribution is -2.49. The van der Waals surface area contributed by atoms with Gasteiger partial charge in [-0.3, -0.25) is 4.79 Å². The molecule has 1 aliphatic rings. The summed E-state index contributed by atoms with van der Waals surface area (Å²) in [5.41, 5.74) is 6.91. The van der Waals surface area contributed by atoms with Crippen LogP contribution in [0.1, 0.15) is 47.0 Å². The highest BCUT2D eigenvalue weighted by Crippen LogP contribution is 2.28. The largest absolute Gasteiger partial charge is 0.463 e. The van der Waals surface area contributed by atoms with Gasteiger partial charge in [-0.05, 0) is 38.0 Å². The lowest BCUT2D eigenvalue weighted by atomic mass is 9.78. The van der Waals surface area contributed by atoms with E-state index in [1.807, 2.05) is 6.08 Å². The maximum Gasteiger partial charge on any atom is 0.333 e. The van der Waals surface area contributed by atoms with Crippen molar-refractivity contribution >= 4 is 11.9 Å². The Kier molecular flexibility index (Phi) is 6.89. The summed E-state index contributed by atoms with van der Waals surface area (Å²) in [5, 5.41) is 3.02. The Labute approximate surface area is 127 Å². The topological polar surface area (TPSA) is 81.4 Å². The van der Waals surface area contributed by atoms with Crippen molar-refractivity contribution in [2.45, 2.75) is 59.0 Å². The fourth-order valence-electron chi connectivity index (χ4n) is 2.90. The summed E-state index contributed by atoms with van der Waals surface area (Å²) in [6.45, 7) is 7.95. The van der Waals surface area contributed by atoms with E-state index in [0.29, 0.717) is 30.9 Å². The Bertz CT molecular complexity index is 404. The number of amides is 1. The lowest BCUT2D eigenvalue weighted by Gasteiger charge is -2.35. The second-order valence-corrected chi connectivity index (χ2v) is 6.15. The Hall–Kier alpha value is -1.36. The first-order valence-electron chi connectivity index (χ1n) is 7.74. The molecule has 0 spiro atoms. The van der Waals surface area contributed by atoms with Crippen LogP contribution in [0.4, 0.5) is 0 Å². The molecule has 5 nitrogen and oxygen atoms in total. The number of allylic oxidation sites excluding steroid dienone is 1. The minimum atomic E-state index is -0.272. The molecule has 1 aliphatic carbocycles. The molecule has 1 rings (SSSR count). The van der Waals surface area contributed by atoms with Crippen molar-refractivity contribution in [3.8, 4) is 0 Å². The number of rotatable bonds is 6. The number of ether oxygens (including phenoxy) is 1. The first-order chi connectivity index (χ1) is 9.85. The molecule has 0 aromatic rings. The van der Waals surface area contributed by atoms with E-state index in [9.17, 15) is 9.59 Å². The summed E-state index contributed by atoms with van der Waals surface area (Å²) in [6.07, 6.45) is 4.02. The van der Waals surface area contributed by atoms with Gasteiger partial charge in [0.25, 0.3) is 0 Å². The van der Waals surface area contributed by atoms with Gasteiger partial charge >= 0.3 is 5.97 Å². The molecule has 3 N–H and O–H groups in total. The zero-order valence-corrected chi connectivity index (χ0v) is 13.5. The zero-order chi connectivity index (χ0) is 16.0. The zero-order valence-electron chi connectivity index (χ0n) is 13.5. The van der Waals surface area contributed by atoms with Gasteiger partial charge in [-0.1, -0.05) is 19.9 Å². The van der Waals surface area contributed by atoms with Crippen molar-refractivity contribution in [2.24, 2.45) is 17.6 Å². The van der Waals surface area contributed by atoms with Gasteiger partial charge in [0.2, 0.25) is 5.91 Å². The third kappa shape index (κ3) is 5.50. The molecular weight excluding hydrogens is 268 g/mol. The van der Waals surface area contributed by atoms with E-state index in [4.69, 9.17) is 10.5 Å². The van der Waals surface area contributed by atoms with Crippen molar-refractivity contribution in [1.82, 2.24) is 5.32 Å². The second kappa shape index (κ2) is 8.17. The van der Waals surface area contributed by atoms with Gasteiger partial charge in [0.15, 0.2) is 0 Å². The Balaban J connectivity index is 2.77. The van der Waals surface area contributed by atoms with E-state index in [1.165, 1.54) is 6.92 Å². The van der Waals surface area contributed by atoms with Crippen LogP contribution in [0, 0.1) is 11.8 Å². The molecule has 0 heterocycles. The smallest absolute Gasteiger partial charge is 0.333 e. The van der Waals surface area contributed by atoms with Gasteiger partial charge in [0, 0.05) is 24.6 Å². The third-order valence-electron chi connectivity index (χ3n) is 3.81. The third-order valence-corrected chi connectivity index (χ3v) is 3.81. The van der Waals surface area contributed by atoms with Crippen molar-refractivity contribution in [2.75, 3.05) is 6.61 Å². The van der Waals surface area contributed by atoms with E-state index in [-0.39, 0.29) is 29.9 Å². The fraction of sp³-hybridized carbons (Fsp3) is 0.750. The predicted octanol–water partition coefficient (Wildman–Crippen LogP) is 1.76. The second-order valence-electron chi connectivity index (χ2n) is 6.15. The van der Waals surface area contributed by atoms with E-state index >= 15 is 0 Å². The van der Waals surface area contributed by atoms with E-state index in [1.54, 1.807) is 6.92 Å². The number of esters is 1. The molecule has 21 heavy (non-hydrogen) atoms. The fourth-order valence-corrected chi connectivity index (χ4v) is 2.90. The first-order valence-corrected chi connectivity index (χ1v) is 7.74. The summed E-state index contributed by atoms with van der Waals surface area (Å²) in [4.78, 5) is 23.2. The van der Waals surface area contributed by atoms with Crippen LogP contribution in [0.25, 0.3) is 0 Å². The van der Waals surface area contributed by atoms with Crippen LogP contribution in [0.2, 0.25) is 0 Å². The molecule has 3 unspecified atom stereocenters. The minimum Gasteiger partial charge on any atom is -0.463 e. The average Bonchev–Trinajstić information content (AvgIpc) is 2.36. The van der Waals surface area contributed by atoms with Crippen LogP contribution in [0.5, 0.6) is 0 Å². The summed E-state index contributed by atoms with van der Waals surface area (Å²) < 4.78 is 5.02. The van der Waals surface area contributed by atoms with Crippen molar-refractivity contribution in [1.29, 1.82) is 0 Å². The quantitative estimate of drug-likeness (QED) is 0.732. The standard InChI is InChI=1S/C16H28N2O3/c1-5-21-16(20)12-6-7-13(14(17)9-12)15(8-10(2)3)18-11(4)19/h6,10,13-15H,5,7-9,17H2,1-4H3,(H,18,19). The van der Waals surface area contributed by atoms with Gasteiger partial charge in [0.1, 0.15) is 0 Å². The van der Waals surface area contributed by atoms with Crippen LogP contribution in [-0.4, -0.2) is 30.6 Å². The van der Waals surface area contributed by atoms with Crippen LogP contribution in [0.3, 0.4) is 0 Å². The SMILES string of the molecule is CCOC(=O)C1=CCC(C(CC(C)C)NC(C)=O)C(N)C1. The number of carbonyl (C=O) groups is 2. The Morgan fingerprint density at radius 3 is 2.62 bits per heavy atom. The molecule has 120 valence electrons. The molecule has 0 bridgehead atoms. The Morgan fingerprint density at radius 2 is 2.14 bits per heavy atom.